The minimum Gasteiger partial charge on any atom is -0.497 e. The van der Waals surface area contributed by atoms with Crippen molar-refractivity contribution in [2.75, 3.05) is 31.6 Å². The smallest absolute Gasteiger partial charge is 0.264 e. The Morgan fingerprint density at radius 3 is 2.38 bits per heavy atom. The second-order valence-corrected chi connectivity index (χ2v) is 9.48. The molecule has 0 heterocycles. The first-order chi connectivity index (χ1) is 13.8. The number of methoxy groups -OCH3 is 1. The normalized spacial score (nSPS) is 13.8. The number of sulfonamides is 1. The number of ether oxygens (including phenoxy) is 1. The Morgan fingerprint density at radius 2 is 1.83 bits per heavy atom. The number of anilines is 1. The van der Waals surface area contributed by atoms with E-state index < -0.39 is 10.0 Å². The summed E-state index contributed by atoms with van der Waals surface area (Å²) in [6.07, 6.45) is 2.25. The van der Waals surface area contributed by atoms with Crippen LogP contribution in [0.2, 0.25) is 5.02 Å². The highest BCUT2D eigenvalue weighted by atomic mass is 35.5. The maximum absolute atomic E-state index is 13.1. The van der Waals surface area contributed by atoms with Gasteiger partial charge < -0.3 is 9.64 Å². The predicted octanol–water partition coefficient (Wildman–Crippen LogP) is 4.05. The minimum atomic E-state index is -3.86. The number of benzene rings is 2. The number of rotatable bonds is 8. The molecule has 0 unspecified atom stereocenters. The number of carbonyl (C=O) groups excluding carboxylic acids is 1. The van der Waals surface area contributed by atoms with Crippen LogP contribution in [-0.2, 0) is 10.0 Å². The molecular formula is C21H25ClN2O4S. The van der Waals surface area contributed by atoms with Gasteiger partial charge in [0.2, 0.25) is 0 Å². The van der Waals surface area contributed by atoms with Gasteiger partial charge in [0.05, 0.1) is 28.3 Å². The summed E-state index contributed by atoms with van der Waals surface area (Å²) in [6.45, 7) is 3.13. The van der Waals surface area contributed by atoms with Crippen LogP contribution < -0.4 is 9.04 Å². The van der Waals surface area contributed by atoms with Gasteiger partial charge in [0.1, 0.15) is 5.75 Å². The number of hydrogen-bond acceptors (Lipinski definition) is 4. The van der Waals surface area contributed by atoms with Crippen LogP contribution in [0.3, 0.4) is 0 Å². The van der Waals surface area contributed by atoms with Crippen molar-refractivity contribution in [2.24, 2.45) is 5.92 Å². The van der Waals surface area contributed by atoms with Gasteiger partial charge >= 0.3 is 0 Å². The van der Waals surface area contributed by atoms with Gasteiger partial charge in [0.15, 0.2) is 0 Å². The highest BCUT2D eigenvalue weighted by Gasteiger charge is 2.29. The molecule has 1 fully saturated rings. The van der Waals surface area contributed by atoms with E-state index in [1.54, 1.807) is 36.3 Å². The van der Waals surface area contributed by atoms with E-state index in [-0.39, 0.29) is 21.4 Å². The van der Waals surface area contributed by atoms with Crippen LogP contribution in [0.5, 0.6) is 5.75 Å². The van der Waals surface area contributed by atoms with Crippen molar-refractivity contribution < 1.29 is 17.9 Å². The molecule has 0 aliphatic heterocycles. The van der Waals surface area contributed by atoms with Crippen molar-refractivity contribution in [1.29, 1.82) is 0 Å². The fourth-order valence-corrected chi connectivity index (χ4v) is 4.48. The molecule has 0 aromatic heterocycles. The quantitative estimate of drug-likeness (QED) is 0.626. The van der Waals surface area contributed by atoms with Gasteiger partial charge in [-0.25, -0.2) is 8.42 Å². The maximum atomic E-state index is 13.1. The summed E-state index contributed by atoms with van der Waals surface area (Å²) in [6, 6.07) is 11.0. The zero-order valence-corrected chi connectivity index (χ0v) is 18.3. The van der Waals surface area contributed by atoms with E-state index in [0.29, 0.717) is 30.4 Å². The minimum absolute atomic E-state index is 0.0195. The molecule has 1 aliphatic carbocycles. The average Bonchev–Trinajstić information content (AvgIpc) is 3.55. The summed E-state index contributed by atoms with van der Waals surface area (Å²) in [5, 5.41) is 0.246. The van der Waals surface area contributed by atoms with E-state index in [1.165, 1.54) is 29.6 Å². The van der Waals surface area contributed by atoms with E-state index in [4.69, 9.17) is 16.3 Å². The number of carbonyl (C=O) groups is 1. The molecule has 0 N–H and O–H groups in total. The van der Waals surface area contributed by atoms with Crippen molar-refractivity contribution >= 4 is 33.2 Å². The standard InChI is InChI=1S/C21H25ClN2O4S/c1-4-24(14-15-5-6-15)21(25)19-13-18(11-12-20(19)22)29(26,27)23(2)16-7-9-17(28-3)10-8-16/h7-13,15H,4-6,14H2,1-3H3. The molecule has 2 aromatic carbocycles. The predicted molar refractivity (Wildman–Crippen MR) is 114 cm³/mol. The SMILES string of the molecule is CCN(CC1CC1)C(=O)c1cc(S(=O)(=O)N(C)c2ccc(OC)cc2)ccc1Cl. The van der Waals surface area contributed by atoms with Crippen molar-refractivity contribution in [3.63, 3.8) is 0 Å². The third kappa shape index (κ3) is 4.67. The van der Waals surface area contributed by atoms with E-state index >= 15 is 0 Å². The number of nitrogens with zero attached hydrogens (tertiary/aromatic N) is 2. The van der Waals surface area contributed by atoms with Gasteiger partial charge in [0, 0.05) is 20.1 Å². The van der Waals surface area contributed by atoms with Crippen LogP contribution in [0.25, 0.3) is 0 Å². The first-order valence-electron chi connectivity index (χ1n) is 9.49. The zero-order valence-electron chi connectivity index (χ0n) is 16.8. The fraction of sp³-hybridized carbons (Fsp3) is 0.381. The van der Waals surface area contributed by atoms with Crippen LogP contribution in [-0.4, -0.2) is 46.5 Å². The molecule has 29 heavy (non-hydrogen) atoms. The molecule has 3 rings (SSSR count). The summed E-state index contributed by atoms with van der Waals surface area (Å²) in [4.78, 5) is 14.7. The lowest BCUT2D eigenvalue weighted by Gasteiger charge is -2.23. The third-order valence-electron chi connectivity index (χ3n) is 5.11. The molecule has 2 aromatic rings. The topological polar surface area (TPSA) is 66.9 Å². The highest BCUT2D eigenvalue weighted by molar-refractivity contribution is 7.92. The first kappa shape index (κ1) is 21.5. The van der Waals surface area contributed by atoms with E-state index in [0.717, 1.165) is 12.8 Å². The molecule has 8 heteroatoms. The molecule has 0 bridgehead atoms. The van der Waals surface area contributed by atoms with Crippen LogP contribution >= 0.6 is 11.6 Å². The van der Waals surface area contributed by atoms with Crippen LogP contribution in [0.1, 0.15) is 30.1 Å². The first-order valence-corrected chi connectivity index (χ1v) is 11.3. The molecule has 1 aliphatic rings. The third-order valence-corrected chi connectivity index (χ3v) is 7.22. The van der Waals surface area contributed by atoms with Gasteiger partial charge in [0.25, 0.3) is 15.9 Å². The fourth-order valence-electron chi connectivity index (χ4n) is 3.06. The second kappa shape index (κ2) is 8.63. The summed E-state index contributed by atoms with van der Waals surface area (Å²) in [5.41, 5.74) is 0.691. The van der Waals surface area contributed by atoms with Crippen molar-refractivity contribution in [1.82, 2.24) is 4.90 Å². The van der Waals surface area contributed by atoms with Crippen LogP contribution in [0.4, 0.5) is 5.69 Å². The molecule has 0 saturated heterocycles. The summed E-state index contributed by atoms with van der Waals surface area (Å²) >= 11 is 6.25. The van der Waals surface area contributed by atoms with Gasteiger partial charge in [-0.3, -0.25) is 9.10 Å². The van der Waals surface area contributed by atoms with Crippen molar-refractivity contribution in [3.05, 3.63) is 53.1 Å². The Morgan fingerprint density at radius 1 is 1.17 bits per heavy atom. The van der Waals surface area contributed by atoms with Crippen molar-refractivity contribution in [3.8, 4) is 5.75 Å². The van der Waals surface area contributed by atoms with E-state index in [1.807, 2.05) is 6.92 Å². The van der Waals surface area contributed by atoms with Crippen LogP contribution in [0, 0.1) is 5.92 Å². The monoisotopic (exact) mass is 436 g/mol. The largest absolute Gasteiger partial charge is 0.497 e. The number of amides is 1. The van der Waals surface area contributed by atoms with E-state index in [2.05, 4.69) is 0 Å². The Kier molecular flexibility index (Phi) is 6.39. The summed E-state index contributed by atoms with van der Waals surface area (Å²) < 4.78 is 32.5. The van der Waals surface area contributed by atoms with Gasteiger partial charge in [-0.05, 0) is 68.1 Å². The van der Waals surface area contributed by atoms with Gasteiger partial charge in [-0.2, -0.15) is 0 Å². The van der Waals surface area contributed by atoms with Gasteiger partial charge in [-0.1, -0.05) is 11.6 Å². The second-order valence-electron chi connectivity index (χ2n) is 7.10. The molecule has 0 spiro atoms. The zero-order chi connectivity index (χ0) is 21.2. The van der Waals surface area contributed by atoms with E-state index in [9.17, 15) is 13.2 Å². The Labute approximate surface area is 177 Å². The van der Waals surface area contributed by atoms with Crippen molar-refractivity contribution in [2.45, 2.75) is 24.7 Å². The lowest BCUT2D eigenvalue weighted by Crippen LogP contribution is -2.33. The van der Waals surface area contributed by atoms with Crippen LogP contribution in [0.15, 0.2) is 47.4 Å². The number of halogens is 1. The molecule has 1 saturated carbocycles. The van der Waals surface area contributed by atoms with Gasteiger partial charge in [-0.15, -0.1) is 0 Å². The Balaban J connectivity index is 1.90. The summed E-state index contributed by atoms with van der Waals surface area (Å²) in [5.74, 6) is 0.925. The lowest BCUT2D eigenvalue weighted by atomic mass is 10.2. The average molecular weight is 437 g/mol. The highest BCUT2D eigenvalue weighted by Crippen LogP contribution is 2.31. The Hall–Kier alpha value is -2.25. The summed E-state index contributed by atoms with van der Waals surface area (Å²) in [7, 11) is -0.847. The number of hydrogen-bond donors (Lipinski definition) is 0. The molecule has 1 amide bonds. The Bertz CT molecular complexity index is 988. The molecule has 0 atom stereocenters. The molecule has 0 radical (unpaired) electrons. The molecular weight excluding hydrogens is 412 g/mol. The molecule has 6 nitrogen and oxygen atoms in total. The molecule has 156 valence electrons. The maximum Gasteiger partial charge on any atom is 0.264 e. The lowest BCUT2D eigenvalue weighted by molar-refractivity contribution is 0.0757.